The third-order valence-electron chi connectivity index (χ3n) is 4.74. The molecule has 0 bridgehead atoms. The van der Waals surface area contributed by atoms with Crippen molar-refractivity contribution in [2.24, 2.45) is 0 Å². The minimum Gasteiger partial charge on any atom is -0.480 e. The van der Waals surface area contributed by atoms with E-state index in [4.69, 9.17) is 28.3 Å². The second-order valence-electron chi connectivity index (χ2n) is 6.74. The molecule has 2 aromatic rings. The Hall–Kier alpha value is -2.97. The van der Waals surface area contributed by atoms with Crippen LogP contribution < -0.4 is 5.32 Å². The molecule has 162 valence electrons. The monoisotopic (exact) mass is 468 g/mol. The maximum Gasteiger partial charge on any atom is 0.322 e. The number of rotatable bonds is 5. The summed E-state index contributed by atoms with van der Waals surface area (Å²) in [6.07, 6.45) is 2.49. The summed E-state index contributed by atoms with van der Waals surface area (Å²) in [6.45, 7) is -0.192. The first-order valence-corrected chi connectivity index (χ1v) is 9.85. The number of nitrogens with zero attached hydrogens (tertiary/aromatic N) is 1. The van der Waals surface area contributed by atoms with Gasteiger partial charge in [0.25, 0.3) is 5.91 Å². The van der Waals surface area contributed by atoms with Gasteiger partial charge in [-0.25, -0.2) is 8.78 Å². The van der Waals surface area contributed by atoms with E-state index in [1.54, 1.807) is 0 Å². The Labute approximate surface area is 186 Å². The standard InChI is InChI=1S/C21H16Cl2F2N2O4/c22-14-8-11-10-27(17(28)5-4-13-15(24)2-1-3-16(13)25)7-6-12(11)20(23)19(14)21(31)26-9-18(29)30/h1-5,8H,6-7,9-10H2,(H,26,31)(H,29,30)/b5-4+. The van der Waals surface area contributed by atoms with Crippen LogP contribution in [0, 0.1) is 11.6 Å². The van der Waals surface area contributed by atoms with Crippen molar-refractivity contribution in [3.63, 3.8) is 0 Å². The normalized spacial score (nSPS) is 13.2. The van der Waals surface area contributed by atoms with Crippen molar-refractivity contribution in [2.75, 3.05) is 13.1 Å². The summed E-state index contributed by atoms with van der Waals surface area (Å²) in [4.78, 5) is 36.9. The average molecular weight is 469 g/mol. The molecule has 0 aromatic heterocycles. The van der Waals surface area contributed by atoms with Crippen LogP contribution in [0.5, 0.6) is 0 Å². The van der Waals surface area contributed by atoms with Gasteiger partial charge in [-0.05, 0) is 41.8 Å². The van der Waals surface area contributed by atoms with Crippen LogP contribution in [0.3, 0.4) is 0 Å². The predicted octanol–water partition coefficient (Wildman–Crippen LogP) is 3.68. The van der Waals surface area contributed by atoms with Crippen LogP contribution in [0.2, 0.25) is 10.0 Å². The SMILES string of the molecule is O=C(O)CNC(=O)c1c(Cl)cc2c(c1Cl)CCN(C(=O)/C=C/c1c(F)cccc1F)C2. The molecule has 6 nitrogen and oxygen atoms in total. The second-order valence-corrected chi connectivity index (χ2v) is 7.53. The highest BCUT2D eigenvalue weighted by Gasteiger charge is 2.26. The van der Waals surface area contributed by atoms with E-state index in [1.807, 2.05) is 0 Å². The van der Waals surface area contributed by atoms with E-state index in [9.17, 15) is 23.2 Å². The first kappa shape index (κ1) is 22.7. The van der Waals surface area contributed by atoms with Crippen molar-refractivity contribution in [3.8, 4) is 0 Å². The molecule has 31 heavy (non-hydrogen) atoms. The number of carbonyl (C=O) groups excluding carboxylic acids is 2. The molecular weight excluding hydrogens is 453 g/mol. The first-order chi connectivity index (χ1) is 14.7. The lowest BCUT2D eigenvalue weighted by Gasteiger charge is -2.29. The van der Waals surface area contributed by atoms with E-state index in [0.29, 0.717) is 17.5 Å². The van der Waals surface area contributed by atoms with E-state index in [2.05, 4.69) is 5.32 Å². The molecule has 2 amide bonds. The summed E-state index contributed by atoms with van der Waals surface area (Å²) < 4.78 is 27.4. The van der Waals surface area contributed by atoms with Crippen LogP contribution in [-0.4, -0.2) is 40.9 Å². The summed E-state index contributed by atoms with van der Waals surface area (Å²) in [5.41, 5.74) is 0.906. The molecule has 3 rings (SSSR count). The van der Waals surface area contributed by atoms with Crippen LogP contribution in [0.15, 0.2) is 30.3 Å². The van der Waals surface area contributed by atoms with E-state index >= 15 is 0 Å². The zero-order valence-corrected chi connectivity index (χ0v) is 17.4. The number of amides is 2. The van der Waals surface area contributed by atoms with Crippen molar-refractivity contribution < 1.29 is 28.3 Å². The van der Waals surface area contributed by atoms with Crippen molar-refractivity contribution in [1.29, 1.82) is 0 Å². The van der Waals surface area contributed by atoms with Gasteiger partial charge in [-0.2, -0.15) is 0 Å². The lowest BCUT2D eigenvalue weighted by molar-refractivity contribution is -0.135. The number of benzene rings is 2. The van der Waals surface area contributed by atoms with Crippen LogP contribution in [0.25, 0.3) is 6.08 Å². The smallest absolute Gasteiger partial charge is 0.322 e. The molecule has 0 saturated carbocycles. The van der Waals surface area contributed by atoms with Gasteiger partial charge >= 0.3 is 5.97 Å². The predicted molar refractivity (Wildman–Crippen MR) is 111 cm³/mol. The van der Waals surface area contributed by atoms with Crippen molar-refractivity contribution in [3.05, 3.63) is 74.3 Å². The highest BCUT2D eigenvalue weighted by atomic mass is 35.5. The Bertz CT molecular complexity index is 1090. The molecule has 0 aliphatic carbocycles. The van der Waals surface area contributed by atoms with Gasteiger partial charge in [-0.1, -0.05) is 29.3 Å². The van der Waals surface area contributed by atoms with Gasteiger partial charge < -0.3 is 15.3 Å². The summed E-state index contributed by atoms with van der Waals surface area (Å²) in [6, 6.07) is 4.92. The molecule has 2 N–H and O–H groups in total. The molecule has 10 heteroatoms. The Balaban J connectivity index is 1.79. The number of halogens is 4. The van der Waals surface area contributed by atoms with Crippen LogP contribution in [0.4, 0.5) is 8.78 Å². The van der Waals surface area contributed by atoms with Crippen LogP contribution in [-0.2, 0) is 22.6 Å². The maximum absolute atomic E-state index is 13.7. The van der Waals surface area contributed by atoms with E-state index in [-0.39, 0.29) is 34.3 Å². The van der Waals surface area contributed by atoms with Crippen molar-refractivity contribution in [2.45, 2.75) is 13.0 Å². The third kappa shape index (κ3) is 5.03. The minimum absolute atomic E-state index is 0.0184. The number of aliphatic carboxylic acids is 1. The molecule has 0 radical (unpaired) electrons. The van der Waals surface area contributed by atoms with E-state index < -0.39 is 36.0 Å². The van der Waals surface area contributed by atoms with E-state index in [1.165, 1.54) is 17.0 Å². The quantitative estimate of drug-likeness (QED) is 0.655. The third-order valence-corrected chi connectivity index (χ3v) is 5.45. The molecule has 0 fully saturated rings. The van der Waals surface area contributed by atoms with Crippen molar-refractivity contribution >= 4 is 47.1 Å². The number of carboxylic acid groups (broad SMARTS) is 1. The Morgan fingerprint density at radius 2 is 1.87 bits per heavy atom. The maximum atomic E-state index is 13.7. The molecule has 1 aliphatic heterocycles. The topological polar surface area (TPSA) is 86.7 Å². The molecule has 1 aliphatic rings. The number of nitrogens with one attached hydrogen (secondary N) is 1. The lowest BCUT2D eigenvalue weighted by Crippen LogP contribution is -2.35. The largest absolute Gasteiger partial charge is 0.480 e. The number of hydrogen-bond donors (Lipinski definition) is 2. The highest BCUT2D eigenvalue weighted by molar-refractivity contribution is 6.40. The summed E-state index contributed by atoms with van der Waals surface area (Å²) in [5.74, 6) is -3.94. The number of carbonyl (C=O) groups is 3. The van der Waals surface area contributed by atoms with Gasteiger partial charge in [0.2, 0.25) is 5.91 Å². The van der Waals surface area contributed by atoms with Gasteiger partial charge in [0.05, 0.1) is 15.6 Å². The van der Waals surface area contributed by atoms with E-state index in [0.717, 1.165) is 24.3 Å². The van der Waals surface area contributed by atoms with Gasteiger partial charge in [0.15, 0.2) is 0 Å². The molecule has 1 heterocycles. The highest BCUT2D eigenvalue weighted by Crippen LogP contribution is 2.34. The fourth-order valence-corrected chi connectivity index (χ4v) is 3.99. The fraction of sp³-hybridized carbons (Fsp3) is 0.190. The van der Waals surface area contributed by atoms with Gasteiger partial charge in [0, 0.05) is 24.7 Å². The number of hydrogen-bond acceptors (Lipinski definition) is 3. The Morgan fingerprint density at radius 3 is 2.52 bits per heavy atom. The number of carboxylic acids is 1. The lowest BCUT2D eigenvalue weighted by atomic mass is 9.96. The van der Waals surface area contributed by atoms with Crippen molar-refractivity contribution in [1.82, 2.24) is 10.2 Å². The van der Waals surface area contributed by atoms with Gasteiger partial charge in [-0.3, -0.25) is 14.4 Å². The molecule has 0 spiro atoms. The zero-order chi connectivity index (χ0) is 22.7. The number of fused-ring (bicyclic) bond motifs is 1. The molecule has 0 atom stereocenters. The van der Waals surface area contributed by atoms with Gasteiger partial charge in [0.1, 0.15) is 18.2 Å². The molecular formula is C21H16Cl2F2N2O4. The zero-order valence-electron chi connectivity index (χ0n) is 15.9. The van der Waals surface area contributed by atoms with Crippen LogP contribution >= 0.6 is 23.2 Å². The fourth-order valence-electron chi connectivity index (χ4n) is 3.22. The summed E-state index contributed by atoms with van der Waals surface area (Å²) >= 11 is 12.5. The minimum atomic E-state index is -1.21. The van der Waals surface area contributed by atoms with Crippen LogP contribution in [0.1, 0.15) is 27.0 Å². The summed E-state index contributed by atoms with van der Waals surface area (Å²) in [7, 11) is 0. The molecule has 0 saturated heterocycles. The Kier molecular flexibility index (Phi) is 6.92. The molecule has 0 unspecified atom stereocenters. The Morgan fingerprint density at radius 1 is 1.19 bits per heavy atom. The second kappa shape index (κ2) is 9.45. The average Bonchev–Trinajstić information content (AvgIpc) is 2.71. The first-order valence-electron chi connectivity index (χ1n) is 9.09. The molecule has 2 aromatic carbocycles. The van der Waals surface area contributed by atoms with Gasteiger partial charge in [-0.15, -0.1) is 0 Å². The summed E-state index contributed by atoms with van der Waals surface area (Å²) in [5, 5.41) is 11.0.